The number of ketones is 1. The van der Waals surface area contributed by atoms with Gasteiger partial charge in [0.25, 0.3) is 0 Å². The molecule has 0 N–H and O–H groups in total. The van der Waals surface area contributed by atoms with E-state index < -0.39 is 0 Å². The highest BCUT2D eigenvalue weighted by atomic mass is 79.9. The molecule has 0 amide bonds. The van der Waals surface area contributed by atoms with E-state index in [0.29, 0.717) is 5.33 Å². The average molecular weight is 412 g/mol. The molecule has 3 rings (SSSR count). The molecule has 1 aliphatic rings. The van der Waals surface area contributed by atoms with Gasteiger partial charge in [-0.1, -0.05) is 70.8 Å². The van der Waals surface area contributed by atoms with Crippen LogP contribution in [0.15, 0.2) is 36.4 Å². The molecule has 0 saturated heterocycles. The fourth-order valence-electron chi connectivity index (χ4n) is 2.65. The maximum absolute atomic E-state index is 11.8. The highest BCUT2D eigenvalue weighted by Crippen LogP contribution is 2.37. The second-order valence-corrected chi connectivity index (χ2v) is 8.23. The topological polar surface area (TPSA) is 17.1 Å². The van der Waals surface area contributed by atoms with Crippen LogP contribution < -0.4 is 5.30 Å². The van der Waals surface area contributed by atoms with Crippen molar-refractivity contribution >= 4 is 51.5 Å². The number of carbonyl (C=O) groups is 1. The molecule has 20 heavy (non-hydrogen) atoms. The van der Waals surface area contributed by atoms with E-state index in [1.807, 2.05) is 12.1 Å². The Hall–Kier alpha value is -0.500. The number of alkyl halides is 2. The molecule has 0 spiro atoms. The van der Waals surface area contributed by atoms with E-state index in [-0.39, 0.29) is 5.78 Å². The highest BCUT2D eigenvalue weighted by molar-refractivity contribution is 9.10. The van der Waals surface area contributed by atoms with Crippen molar-refractivity contribution in [1.29, 1.82) is 0 Å². The quantitative estimate of drug-likeness (QED) is 0.351. The van der Waals surface area contributed by atoms with Gasteiger partial charge in [-0.15, -0.1) is 0 Å². The summed E-state index contributed by atoms with van der Waals surface area (Å²) < 4.78 is 0. The van der Waals surface area contributed by atoms with Crippen LogP contribution in [0.5, 0.6) is 0 Å². The molecule has 1 atom stereocenters. The Morgan fingerprint density at radius 2 is 1.75 bits per heavy atom. The SMILES string of the molecule is O=C(CBr)c1ccc2c(c1)Cc1cc(PCBr)ccc1-2. The van der Waals surface area contributed by atoms with Crippen LogP contribution in [0.4, 0.5) is 0 Å². The van der Waals surface area contributed by atoms with Gasteiger partial charge in [-0.25, -0.2) is 0 Å². The molecule has 0 heterocycles. The summed E-state index contributed by atoms with van der Waals surface area (Å²) in [6.45, 7) is 0. The molecule has 4 heteroatoms. The molecule has 2 aromatic carbocycles. The number of hydrogen-bond donors (Lipinski definition) is 0. The molecule has 0 bridgehead atoms. The lowest BCUT2D eigenvalue weighted by molar-refractivity contribution is 0.102. The van der Waals surface area contributed by atoms with Crippen molar-refractivity contribution in [3.8, 4) is 11.1 Å². The molecule has 1 nitrogen and oxygen atoms in total. The molecular weight excluding hydrogens is 399 g/mol. The Kier molecular flexibility index (Phi) is 4.40. The van der Waals surface area contributed by atoms with E-state index in [1.165, 1.54) is 27.6 Å². The number of Topliss-reactive ketones (excluding diaryl/α,β-unsaturated/α-hetero) is 1. The van der Waals surface area contributed by atoms with Crippen molar-refractivity contribution in [2.75, 3.05) is 10.4 Å². The minimum absolute atomic E-state index is 0.144. The van der Waals surface area contributed by atoms with Gasteiger partial charge in [0.15, 0.2) is 5.78 Å². The number of benzene rings is 2. The zero-order chi connectivity index (χ0) is 14.1. The fraction of sp³-hybridized carbons (Fsp3) is 0.188. The first kappa shape index (κ1) is 14.4. The van der Waals surface area contributed by atoms with Crippen LogP contribution in [0.1, 0.15) is 21.5 Å². The zero-order valence-corrected chi connectivity index (χ0v) is 14.9. The van der Waals surface area contributed by atoms with Gasteiger partial charge >= 0.3 is 0 Å². The molecule has 1 unspecified atom stereocenters. The number of halogens is 2. The predicted octanol–water partition coefficient (Wildman–Crippen LogP) is 4.49. The van der Waals surface area contributed by atoms with Gasteiger partial charge in [-0.2, -0.15) is 0 Å². The van der Waals surface area contributed by atoms with Crippen LogP contribution >= 0.6 is 40.4 Å². The van der Waals surface area contributed by atoms with Crippen LogP contribution in [-0.4, -0.2) is 16.2 Å². The first-order valence-corrected chi connectivity index (χ1v) is 9.83. The normalized spacial score (nSPS) is 12.7. The lowest BCUT2D eigenvalue weighted by atomic mass is 10.0. The number of fused-ring (bicyclic) bond motifs is 3. The van der Waals surface area contributed by atoms with Gasteiger partial charge in [0, 0.05) is 10.6 Å². The van der Waals surface area contributed by atoms with E-state index in [1.54, 1.807) is 0 Å². The van der Waals surface area contributed by atoms with Crippen LogP contribution in [0, 0.1) is 0 Å². The third kappa shape index (κ3) is 2.64. The van der Waals surface area contributed by atoms with Crippen LogP contribution in [0.2, 0.25) is 0 Å². The zero-order valence-electron chi connectivity index (χ0n) is 10.7. The van der Waals surface area contributed by atoms with Gasteiger partial charge < -0.3 is 0 Å². The van der Waals surface area contributed by atoms with Crippen molar-refractivity contribution in [1.82, 2.24) is 0 Å². The van der Waals surface area contributed by atoms with Crippen molar-refractivity contribution < 1.29 is 4.79 Å². The summed E-state index contributed by atoms with van der Waals surface area (Å²) in [7, 11) is 0.807. The van der Waals surface area contributed by atoms with Crippen molar-refractivity contribution in [3.05, 3.63) is 53.1 Å². The monoisotopic (exact) mass is 410 g/mol. The number of rotatable bonds is 4. The summed E-state index contributed by atoms with van der Waals surface area (Å²) in [5.74, 6) is 0.144. The van der Waals surface area contributed by atoms with E-state index in [2.05, 4.69) is 56.1 Å². The van der Waals surface area contributed by atoms with Crippen LogP contribution in [0.3, 0.4) is 0 Å². The smallest absolute Gasteiger partial charge is 0.173 e. The summed E-state index contributed by atoms with van der Waals surface area (Å²) in [5.41, 5.74) is 6.05. The van der Waals surface area contributed by atoms with Crippen LogP contribution in [-0.2, 0) is 6.42 Å². The Labute approximate surface area is 137 Å². The van der Waals surface area contributed by atoms with Gasteiger partial charge in [0.05, 0.1) is 5.33 Å². The summed E-state index contributed by atoms with van der Waals surface area (Å²) >= 11 is 6.73. The van der Waals surface area contributed by atoms with E-state index in [0.717, 1.165) is 25.6 Å². The number of hydrogen-bond acceptors (Lipinski definition) is 1. The second-order valence-electron chi connectivity index (χ2n) is 4.79. The van der Waals surface area contributed by atoms with Gasteiger partial charge in [-0.3, -0.25) is 4.79 Å². The van der Waals surface area contributed by atoms with Crippen molar-refractivity contribution in [3.63, 3.8) is 0 Å². The highest BCUT2D eigenvalue weighted by Gasteiger charge is 2.19. The molecule has 0 fully saturated rings. The Balaban J connectivity index is 1.99. The third-order valence-corrected chi connectivity index (χ3v) is 5.80. The lowest BCUT2D eigenvalue weighted by Crippen LogP contribution is -2.00. The van der Waals surface area contributed by atoms with Crippen LogP contribution in [0.25, 0.3) is 11.1 Å². The lowest BCUT2D eigenvalue weighted by Gasteiger charge is -2.04. The van der Waals surface area contributed by atoms with Gasteiger partial charge in [0.1, 0.15) is 0 Å². The molecule has 1 aliphatic carbocycles. The third-order valence-electron chi connectivity index (χ3n) is 3.60. The molecule has 102 valence electrons. The average Bonchev–Trinajstić information content (AvgIpc) is 2.83. The summed E-state index contributed by atoms with van der Waals surface area (Å²) in [5, 5.41) is 2.79. The molecule has 0 radical (unpaired) electrons. The fourth-order valence-corrected chi connectivity index (χ4v) is 4.58. The van der Waals surface area contributed by atoms with Crippen molar-refractivity contribution in [2.45, 2.75) is 6.42 Å². The van der Waals surface area contributed by atoms with Crippen molar-refractivity contribution in [2.24, 2.45) is 0 Å². The van der Waals surface area contributed by atoms with E-state index in [9.17, 15) is 4.79 Å². The minimum atomic E-state index is 0.144. The second kappa shape index (κ2) is 6.09. The first-order valence-electron chi connectivity index (χ1n) is 6.38. The molecular formula is C16H13Br2OP. The molecule has 0 aliphatic heterocycles. The standard InChI is InChI=1S/C16H13Br2OP/c17-8-16(19)10-1-3-14-11(5-10)6-12-7-13(20-9-18)2-4-15(12)14/h1-5,7,20H,6,8-9H2. The van der Waals surface area contributed by atoms with Gasteiger partial charge in [-0.05, 0) is 40.0 Å². The maximum atomic E-state index is 11.8. The van der Waals surface area contributed by atoms with E-state index >= 15 is 0 Å². The Morgan fingerprint density at radius 1 is 1.05 bits per heavy atom. The maximum Gasteiger partial charge on any atom is 0.173 e. The Bertz CT molecular complexity index is 682. The summed E-state index contributed by atoms with van der Waals surface area (Å²) in [4.78, 5) is 11.8. The largest absolute Gasteiger partial charge is 0.293 e. The summed E-state index contributed by atoms with van der Waals surface area (Å²) in [6.07, 6.45) is 0.939. The molecule has 0 aromatic heterocycles. The number of carbonyl (C=O) groups excluding carboxylic acids is 1. The molecule has 2 aromatic rings. The predicted molar refractivity (Wildman–Crippen MR) is 94.6 cm³/mol. The molecule has 0 saturated carbocycles. The first-order chi connectivity index (χ1) is 9.72. The van der Waals surface area contributed by atoms with E-state index in [4.69, 9.17) is 0 Å². The van der Waals surface area contributed by atoms with Gasteiger partial charge in [0.2, 0.25) is 0 Å². The minimum Gasteiger partial charge on any atom is -0.293 e. The summed E-state index contributed by atoms with van der Waals surface area (Å²) in [6, 6.07) is 12.8. The Morgan fingerprint density at radius 3 is 2.45 bits per heavy atom.